The standard InChI is InChI=1S/C29H33F3N4O5S/c1-35-13-15-36(16-14-35)12-3-17-41-27-18-21(6-10-24(27)20-4-7-22(8-5-20)29(30,31)32)28(38)33-23-9-11-26(37)25(19-23)34-42(2,39)40/h4-11,18-19,34,37H,3,12-17H2,1-2H3,(H,33,38). The molecule has 226 valence electrons. The number of nitrogens with one attached hydrogen (secondary N) is 2. The first-order chi connectivity index (χ1) is 19.8. The molecular formula is C29H33F3N4O5S. The summed E-state index contributed by atoms with van der Waals surface area (Å²) in [6.45, 7) is 5.06. The first-order valence-corrected chi connectivity index (χ1v) is 15.2. The number of ether oxygens (including phenoxy) is 1. The fraction of sp³-hybridized carbons (Fsp3) is 0.345. The van der Waals surface area contributed by atoms with E-state index in [0.29, 0.717) is 23.5 Å². The van der Waals surface area contributed by atoms with Gasteiger partial charge in [-0.1, -0.05) is 12.1 Å². The van der Waals surface area contributed by atoms with Gasteiger partial charge in [-0.25, -0.2) is 8.42 Å². The van der Waals surface area contributed by atoms with Gasteiger partial charge in [-0.3, -0.25) is 9.52 Å². The van der Waals surface area contributed by atoms with Crippen molar-refractivity contribution in [3.05, 3.63) is 71.8 Å². The van der Waals surface area contributed by atoms with E-state index >= 15 is 0 Å². The van der Waals surface area contributed by atoms with Crippen LogP contribution in [0.1, 0.15) is 22.3 Å². The van der Waals surface area contributed by atoms with Crippen LogP contribution in [0.15, 0.2) is 60.7 Å². The summed E-state index contributed by atoms with van der Waals surface area (Å²) < 4.78 is 70.8. The number of likely N-dealkylation sites (N-methyl/N-ethyl adjacent to an activating group) is 1. The maximum absolute atomic E-state index is 13.1. The third-order valence-electron chi connectivity index (χ3n) is 6.79. The molecule has 0 atom stereocenters. The molecule has 3 aromatic rings. The number of hydrogen-bond donors (Lipinski definition) is 3. The number of anilines is 2. The molecule has 3 aromatic carbocycles. The van der Waals surface area contributed by atoms with Crippen molar-refractivity contribution < 1.29 is 36.2 Å². The number of hydrogen-bond acceptors (Lipinski definition) is 7. The number of carbonyl (C=O) groups excluding carboxylic acids is 1. The summed E-state index contributed by atoms with van der Waals surface area (Å²) in [6, 6.07) is 13.3. The highest BCUT2D eigenvalue weighted by molar-refractivity contribution is 7.92. The zero-order chi connectivity index (χ0) is 30.5. The predicted molar refractivity (Wildman–Crippen MR) is 155 cm³/mol. The lowest BCUT2D eigenvalue weighted by atomic mass is 10.0. The number of piperazine rings is 1. The predicted octanol–water partition coefficient (Wildman–Crippen LogP) is 4.72. The normalized spacial score (nSPS) is 14.9. The quantitative estimate of drug-likeness (QED) is 0.174. The molecule has 0 spiro atoms. The fourth-order valence-corrected chi connectivity index (χ4v) is 5.06. The summed E-state index contributed by atoms with van der Waals surface area (Å²) in [5.41, 5.74) is 0.604. The van der Waals surface area contributed by atoms with Crippen molar-refractivity contribution in [1.29, 1.82) is 0 Å². The lowest BCUT2D eigenvalue weighted by Gasteiger charge is -2.32. The number of rotatable bonds is 10. The number of phenolic OH excluding ortho intramolecular Hbond substituents is 1. The van der Waals surface area contributed by atoms with Crippen molar-refractivity contribution in [3.8, 4) is 22.6 Å². The summed E-state index contributed by atoms with van der Waals surface area (Å²) in [5, 5.41) is 12.6. The van der Waals surface area contributed by atoms with Crippen LogP contribution in [0, 0.1) is 0 Å². The van der Waals surface area contributed by atoms with Crippen LogP contribution in [0.5, 0.6) is 11.5 Å². The summed E-state index contributed by atoms with van der Waals surface area (Å²) >= 11 is 0. The average Bonchev–Trinajstić information content (AvgIpc) is 2.92. The number of aromatic hydroxyl groups is 1. The zero-order valence-corrected chi connectivity index (χ0v) is 24.1. The number of carbonyl (C=O) groups is 1. The summed E-state index contributed by atoms with van der Waals surface area (Å²) in [5.74, 6) is -0.509. The minimum absolute atomic E-state index is 0.0997. The molecular weight excluding hydrogens is 573 g/mol. The molecule has 1 amide bonds. The molecule has 4 rings (SSSR count). The van der Waals surface area contributed by atoms with Gasteiger partial charge < -0.3 is 25.0 Å². The number of phenols is 1. The first kappa shape index (κ1) is 31.1. The van der Waals surface area contributed by atoms with Crippen LogP contribution in [0.25, 0.3) is 11.1 Å². The van der Waals surface area contributed by atoms with Gasteiger partial charge in [0.15, 0.2) is 0 Å². The van der Waals surface area contributed by atoms with Gasteiger partial charge in [0, 0.05) is 49.5 Å². The van der Waals surface area contributed by atoms with Gasteiger partial charge in [-0.05, 0) is 67.6 Å². The minimum Gasteiger partial charge on any atom is -0.506 e. The van der Waals surface area contributed by atoms with Crippen molar-refractivity contribution in [1.82, 2.24) is 9.80 Å². The molecule has 0 saturated carbocycles. The second kappa shape index (κ2) is 13.0. The third-order valence-corrected chi connectivity index (χ3v) is 7.38. The van der Waals surface area contributed by atoms with E-state index in [1.165, 1.54) is 42.5 Å². The molecule has 1 aliphatic heterocycles. The number of amides is 1. The van der Waals surface area contributed by atoms with Crippen molar-refractivity contribution >= 4 is 27.3 Å². The number of sulfonamides is 1. The molecule has 0 bridgehead atoms. The molecule has 0 aromatic heterocycles. The number of alkyl halides is 3. The molecule has 1 heterocycles. The van der Waals surface area contributed by atoms with Crippen LogP contribution in [-0.4, -0.2) is 81.9 Å². The van der Waals surface area contributed by atoms with Gasteiger partial charge in [0.1, 0.15) is 11.5 Å². The van der Waals surface area contributed by atoms with Crippen molar-refractivity contribution in [3.63, 3.8) is 0 Å². The minimum atomic E-state index is -4.46. The third kappa shape index (κ3) is 8.60. The van der Waals surface area contributed by atoms with Crippen LogP contribution < -0.4 is 14.8 Å². The first-order valence-electron chi connectivity index (χ1n) is 13.3. The van der Waals surface area contributed by atoms with Crippen LogP contribution in [0.3, 0.4) is 0 Å². The molecule has 9 nitrogen and oxygen atoms in total. The number of benzene rings is 3. The Labute approximate surface area is 243 Å². The van der Waals surface area contributed by atoms with Crippen LogP contribution in [0.4, 0.5) is 24.5 Å². The molecule has 0 radical (unpaired) electrons. The maximum Gasteiger partial charge on any atom is 0.416 e. The highest BCUT2D eigenvalue weighted by Crippen LogP contribution is 2.35. The topological polar surface area (TPSA) is 111 Å². The summed E-state index contributed by atoms with van der Waals surface area (Å²) in [7, 11) is -1.59. The fourth-order valence-electron chi connectivity index (χ4n) is 4.50. The second-order valence-electron chi connectivity index (χ2n) is 10.2. The molecule has 1 saturated heterocycles. The van der Waals surface area contributed by atoms with E-state index in [1.54, 1.807) is 6.07 Å². The monoisotopic (exact) mass is 606 g/mol. The van der Waals surface area contributed by atoms with Crippen molar-refractivity contribution in [2.75, 3.05) is 62.7 Å². The highest BCUT2D eigenvalue weighted by atomic mass is 32.2. The zero-order valence-electron chi connectivity index (χ0n) is 23.2. The Morgan fingerprint density at radius 2 is 1.69 bits per heavy atom. The van der Waals surface area contributed by atoms with E-state index in [1.807, 2.05) is 0 Å². The van der Waals surface area contributed by atoms with Crippen molar-refractivity contribution in [2.24, 2.45) is 0 Å². The van der Waals surface area contributed by atoms with Gasteiger partial charge in [0.05, 0.1) is 24.1 Å². The number of nitrogens with zero attached hydrogens (tertiary/aromatic N) is 2. The molecule has 1 aliphatic rings. The average molecular weight is 607 g/mol. The van der Waals surface area contributed by atoms with E-state index in [4.69, 9.17) is 4.74 Å². The van der Waals surface area contributed by atoms with E-state index in [-0.39, 0.29) is 22.7 Å². The van der Waals surface area contributed by atoms with Gasteiger partial charge >= 0.3 is 6.18 Å². The Bertz CT molecular complexity index is 1510. The van der Waals surface area contributed by atoms with E-state index in [9.17, 15) is 31.5 Å². The van der Waals surface area contributed by atoms with Gasteiger partial charge in [-0.2, -0.15) is 13.2 Å². The summed E-state index contributed by atoms with van der Waals surface area (Å²) in [6.07, 6.45) is -2.81. The van der Waals surface area contributed by atoms with E-state index in [2.05, 4.69) is 26.9 Å². The Morgan fingerprint density at radius 3 is 2.33 bits per heavy atom. The van der Waals surface area contributed by atoms with Crippen LogP contribution in [0.2, 0.25) is 0 Å². The lowest BCUT2D eigenvalue weighted by molar-refractivity contribution is -0.137. The molecule has 42 heavy (non-hydrogen) atoms. The van der Waals surface area contributed by atoms with E-state index < -0.39 is 27.7 Å². The van der Waals surface area contributed by atoms with Gasteiger partial charge in [0.2, 0.25) is 10.0 Å². The Kier molecular flexibility index (Phi) is 9.64. The molecule has 3 N–H and O–H groups in total. The second-order valence-corrected chi connectivity index (χ2v) is 11.9. The molecule has 0 aliphatic carbocycles. The van der Waals surface area contributed by atoms with Gasteiger partial charge in [0.25, 0.3) is 5.91 Å². The molecule has 0 unspecified atom stereocenters. The smallest absolute Gasteiger partial charge is 0.416 e. The van der Waals surface area contributed by atoms with Gasteiger partial charge in [-0.15, -0.1) is 0 Å². The summed E-state index contributed by atoms with van der Waals surface area (Å²) in [4.78, 5) is 17.7. The lowest BCUT2D eigenvalue weighted by Crippen LogP contribution is -2.44. The highest BCUT2D eigenvalue weighted by Gasteiger charge is 2.30. The maximum atomic E-state index is 13.1. The molecule has 1 fully saturated rings. The van der Waals surface area contributed by atoms with E-state index in [0.717, 1.165) is 57.5 Å². The number of halogens is 3. The Hall–Kier alpha value is -3.81. The largest absolute Gasteiger partial charge is 0.506 e. The Balaban J connectivity index is 1.53. The Morgan fingerprint density at radius 1 is 1.00 bits per heavy atom. The molecule has 13 heteroatoms. The van der Waals surface area contributed by atoms with Crippen molar-refractivity contribution in [2.45, 2.75) is 12.6 Å². The van der Waals surface area contributed by atoms with Crippen LogP contribution >= 0.6 is 0 Å². The van der Waals surface area contributed by atoms with Crippen LogP contribution in [-0.2, 0) is 16.2 Å². The SMILES string of the molecule is CN1CCN(CCCOc2cc(C(=O)Nc3ccc(O)c(NS(C)(=O)=O)c3)ccc2-c2ccc(C(F)(F)F)cc2)CC1.